The standard InChI is InChI=1S/C17H20O3/c1-12(18)15-9-8-13-5-2-3-7-16(13)17(15)20-14-6-4-10-19-11-14/h2-3,5,7-9,12,14,18H,4,6,10-11H2,1H3/t12-,14?/m1/s1. The second-order valence-electron chi connectivity index (χ2n) is 5.34. The first kappa shape index (κ1) is 13.4. The van der Waals surface area contributed by atoms with Gasteiger partial charge in [-0.3, -0.25) is 0 Å². The van der Waals surface area contributed by atoms with Gasteiger partial charge in [-0.05, 0) is 25.2 Å². The molecule has 3 nitrogen and oxygen atoms in total. The van der Waals surface area contributed by atoms with Crippen molar-refractivity contribution in [2.24, 2.45) is 0 Å². The molecule has 2 aromatic rings. The number of ether oxygens (including phenoxy) is 2. The molecule has 0 aliphatic carbocycles. The Kier molecular flexibility index (Phi) is 3.90. The van der Waals surface area contributed by atoms with Gasteiger partial charge in [0.25, 0.3) is 0 Å². The normalized spacial score (nSPS) is 20.8. The molecule has 1 N–H and O–H groups in total. The van der Waals surface area contributed by atoms with Crippen molar-refractivity contribution in [3.8, 4) is 5.75 Å². The molecular formula is C17H20O3. The Bertz CT molecular complexity index is 586. The van der Waals surface area contributed by atoms with Crippen molar-refractivity contribution < 1.29 is 14.6 Å². The molecule has 0 radical (unpaired) electrons. The van der Waals surface area contributed by atoms with Gasteiger partial charge in [0, 0.05) is 17.6 Å². The van der Waals surface area contributed by atoms with Crippen LogP contribution >= 0.6 is 0 Å². The Labute approximate surface area is 119 Å². The summed E-state index contributed by atoms with van der Waals surface area (Å²) in [6, 6.07) is 12.1. The molecular weight excluding hydrogens is 252 g/mol. The van der Waals surface area contributed by atoms with Gasteiger partial charge in [0.2, 0.25) is 0 Å². The fourth-order valence-electron chi connectivity index (χ4n) is 2.69. The van der Waals surface area contributed by atoms with Crippen LogP contribution in [0.15, 0.2) is 36.4 Å². The minimum absolute atomic E-state index is 0.0760. The molecule has 3 heteroatoms. The van der Waals surface area contributed by atoms with Crippen molar-refractivity contribution in [1.82, 2.24) is 0 Å². The number of fused-ring (bicyclic) bond motifs is 1. The number of benzene rings is 2. The summed E-state index contributed by atoms with van der Waals surface area (Å²) in [7, 11) is 0. The Balaban J connectivity index is 2.02. The fraction of sp³-hybridized carbons (Fsp3) is 0.412. The van der Waals surface area contributed by atoms with E-state index in [2.05, 4.69) is 6.07 Å². The van der Waals surface area contributed by atoms with Crippen LogP contribution in [0.2, 0.25) is 0 Å². The Morgan fingerprint density at radius 3 is 2.85 bits per heavy atom. The van der Waals surface area contributed by atoms with E-state index in [1.165, 1.54) is 0 Å². The van der Waals surface area contributed by atoms with Gasteiger partial charge >= 0.3 is 0 Å². The highest BCUT2D eigenvalue weighted by Crippen LogP contribution is 2.35. The first-order chi connectivity index (χ1) is 9.75. The molecule has 0 bridgehead atoms. The highest BCUT2D eigenvalue weighted by Gasteiger charge is 2.20. The van der Waals surface area contributed by atoms with Crippen LogP contribution in [0.1, 0.15) is 31.4 Å². The van der Waals surface area contributed by atoms with Gasteiger partial charge in [-0.1, -0.05) is 36.4 Å². The predicted octanol–water partition coefficient (Wildman–Crippen LogP) is 3.45. The summed E-state index contributed by atoms with van der Waals surface area (Å²) in [5.41, 5.74) is 0.842. The second kappa shape index (κ2) is 5.81. The third-order valence-electron chi connectivity index (χ3n) is 3.76. The maximum atomic E-state index is 9.98. The van der Waals surface area contributed by atoms with E-state index in [-0.39, 0.29) is 6.10 Å². The van der Waals surface area contributed by atoms with E-state index >= 15 is 0 Å². The van der Waals surface area contributed by atoms with Crippen molar-refractivity contribution in [1.29, 1.82) is 0 Å². The van der Waals surface area contributed by atoms with E-state index in [1.54, 1.807) is 6.92 Å². The molecule has 2 aromatic carbocycles. The van der Waals surface area contributed by atoms with Crippen molar-refractivity contribution in [3.05, 3.63) is 42.0 Å². The topological polar surface area (TPSA) is 38.7 Å². The van der Waals surface area contributed by atoms with E-state index in [1.807, 2.05) is 30.3 Å². The maximum absolute atomic E-state index is 9.98. The average molecular weight is 272 g/mol. The number of hydrogen-bond acceptors (Lipinski definition) is 3. The largest absolute Gasteiger partial charge is 0.487 e. The third-order valence-corrected chi connectivity index (χ3v) is 3.76. The van der Waals surface area contributed by atoms with E-state index in [0.29, 0.717) is 6.61 Å². The van der Waals surface area contributed by atoms with Gasteiger partial charge < -0.3 is 14.6 Å². The summed E-state index contributed by atoms with van der Waals surface area (Å²) >= 11 is 0. The van der Waals surface area contributed by atoms with Gasteiger partial charge in [-0.25, -0.2) is 0 Å². The van der Waals surface area contributed by atoms with Crippen LogP contribution in [0.5, 0.6) is 5.75 Å². The predicted molar refractivity (Wildman–Crippen MR) is 79.1 cm³/mol. The Morgan fingerprint density at radius 1 is 1.25 bits per heavy atom. The molecule has 0 aromatic heterocycles. The molecule has 20 heavy (non-hydrogen) atoms. The molecule has 0 saturated carbocycles. The van der Waals surface area contributed by atoms with Gasteiger partial charge in [0.15, 0.2) is 0 Å². The van der Waals surface area contributed by atoms with Crippen molar-refractivity contribution >= 4 is 10.8 Å². The van der Waals surface area contributed by atoms with Crippen molar-refractivity contribution in [2.45, 2.75) is 32.0 Å². The summed E-state index contributed by atoms with van der Waals surface area (Å²) in [6.07, 6.45) is 1.56. The molecule has 0 amide bonds. The minimum atomic E-state index is -0.542. The molecule has 0 spiro atoms. The van der Waals surface area contributed by atoms with Crippen LogP contribution in [-0.2, 0) is 4.74 Å². The second-order valence-corrected chi connectivity index (χ2v) is 5.34. The average Bonchev–Trinajstić information content (AvgIpc) is 2.48. The van der Waals surface area contributed by atoms with E-state index < -0.39 is 6.10 Å². The van der Waals surface area contributed by atoms with Crippen LogP contribution in [0.4, 0.5) is 0 Å². The lowest BCUT2D eigenvalue weighted by atomic mass is 10.0. The summed E-state index contributed by atoms with van der Waals surface area (Å²) in [5.74, 6) is 0.800. The summed E-state index contributed by atoms with van der Waals surface area (Å²) < 4.78 is 11.7. The van der Waals surface area contributed by atoms with E-state index in [4.69, 9.17) is 9.47 Å². The monoisotopic (exact) mass is 272 g/mol. The zero-order chi connectivity index (χ0) is 13.9. The van der Waals surface area contributed by atoms with Gasteiger partial charge in [-0.2, -0.15) is 0 Å². The molecule has 1 saturated heterocycles. The lowest BCUT2D eigenvalue weighted by Crippen LogP contribution is -2.28. The first-order valence-corrected chi connectivity index (χ1v) is 7.20. The summed E-state index contributed by atoms with van der Waals surface area (Å²) in [4.78, 5) is 0. The molecule has 1 aliphatic heterocycles. The van der Waals surface area contributed by atoms with E-state index in [9.17, 15) is 5.11 Å². The lowest BCUT2D eigenvalue weighted by Gasteiger charge is -2.26. The van der Waals surface area contributed by atoms with Gasteiger partial charge in [0.05, 0.1) is 12.7 Å². The van der Waals surface area contributed by atoms with Crippen LogP contribution in [0, 0.1) is 0 Å². The number of aliphatic hydroxyl groups is 1. The zero-order valence-corrected chi connectivity index (χ0v) is 11.7. The van der Waals surface area contributed by atoms with Crippen molar-refractivity contribution in [3.63, 3.8) is 0 Å². The van der Waals surface area contributed by atoms with Crippen LogP contribution in [0.25, 0.3) is 10.8 Å². The lowest BCUT2D eigenvalue weighted by molar-refractivity contribution is 0.00683. The zero-order valence-electron chi connectivity index (χ0n) is 11.7. The highest BCUT2D eigenvalue weighted by atomic mass is 16.5. The number of hydrogen-bond donors (Lipinski definition) is 1. The molecule has 1 aliphatic rings. The van der Waals surface area contributed by atoms with Crippen molar-refractivity contribution in [2.75, 3.05) is 13.2 Å². The maximum Gasteiger partial charge on any atom is 0.133 e. The molecule has 1 fully saturated rings. The molecule has 1 heterocycles. The van der Waals surface area contributed by atoms with Crippen LogP contribution < -0.4 is 4.74 Å². The fourth-order valence-corrected chi connectivity index (χ4v) is 2.69. The van der Waals surface area contributed by atoms with Gasteiger partial charge in [0.1, 0.15) is 11.9 Å². The smallest absolute Gasteiger partial charge is 0.133 e. The SMILES string of the molecule is C[C@@H](O)c1ccc2ccccc2c1OC1CCCOC1. The Morgan fingerprint density at radius 2 is 2.10 bits per heavy atom. The number of rotatable bonds is 3. The third kappa shape index (κ3) is 2.65. The summed E-state index contributed by atoms with van der Waals surface area (Å²) in [6.45, 7) is 3.22. The van der Waals surface area contributed by atoms with E-state index in [0.717, 1.165) is 41.5 Å². The molecule has 3 rings (SSSR count). The minimum Gasteiger partial charge on any atom is -0.487 e. The van der Waals surface area contributed by atoms with Crippen LogP contribution in [-0.4, -0.2) is 24.4 Å². The molecule has 106 valence electrons. The Hall–Kier alpha value is -1.58. The quantitative estimate of drug-likeness (QED) is 0.930. The van der Waals surface area contributed by atoms with Crippen LogP contribution in [0.3, 0.4) is 0 Å². The molecule has 2 atom stereocenters. The first-order valence-electron chi connectivity index (χ1n) is 7.20. The van der Waals surface area contributed by atoms with Gasteiger partial charge in [-0.15, -0.1) is 0 Å². The number of aliphatic hydroxyl groups excluding tert-OH is 1. The highest BCUT2D eigenvalue weighted by molar-refractivity contribution is 5.89. The summed E-state index contributed by atoms with van der Waals surface area (Å²) in [5, 5.41) is 12.2. The molecule has 1 unspecified atom stereocenters.